The maximum absolute atomic E-state index is 8.68. The summed E-state index contributed by atoms with van der Waals surface area (Å²) >= 11 is 0. The normalized spacial score (nSPS) is 13.4. The molecule has 0 bridgehead atoms. The number of ether oxygens (including phenoxy) is 1. The Kier molecular flexibility index (Phi) is 10.2. The predicted octanol–water partition coefficient (Wildman–Crippen LogP) is 3.26. The molecule has 0 saturated heterocycles. The molecule has 0 saturated carbocycles. The number of hydrogen-bond donors (Lipinski definition) is 1. The minimum absolute atomic E-state index is 0.263. The molecule has 2 nitrogen and oxygen atoms in total. The Balaban J connectivity index is 3.45. The van der Waals surface area contributed by atoms with Crippen molar-refractivity contribution in [3.05, 3.63) is 12.3 Å². The second kappa shape index (κ2) is 10.6. The summed E-state index contributed by atoms with van der Waals surface area (Å²) in [6.45, 7) is 4.56. The highest BCUT2D eigenvalue weighted by Crippen LogP contribution is 2.07. The van der Waals surface area contributed by atoms with Crippen LogP contribution >= 0.6 is 0 Å². The molecule has 0 aliphatic rings. The molecule has 0 aromatic rings. The molecule has 0 spiro atoms. The van der Waals surface area contributed by atoms with Crippen molar-refractivity contribution in [1.82, 2.24) is 0 Å². The van der Waals surface area contributed by atoms with Gasteiger partial charge < -0.3 is 9.84 Å². The van der Waals surface area contributed by atoms with E-state index in [0.29, 0.717) is 0 Å². The first-order valence-corrected chi connectivity index (χ1v) is 5.76. The zero-order valence-electron chi connectivity index (χ0n) is 9.54. The summed E-state index contributed by atoms with van der Waals surface area (Å²) in [7, 11) is 0. The Bertz CT molecular complexity index is 132. The monoisotopic (exact) mass is 200 g/mol. The van der Waals surface area contributed by atoms with Crippen molar-refractivity contribution < 1.29 is 9.84 Å². The van der Waals surface area contributed by atoms with Crippen LogP contribution in [0.15, 0.2) is 12.3 Å². The van der Waals surface area contributed by atoms with Gasteiger partial charge in [0.2, 0.25) is 0 Å². The molecule has 0 aliphatic heterocycles. The highest BCUT2D eigenvalue weighted by atomic mass is 16.5. The van der Waals surface area contributed by atoms with Gasteiger partial charge in [0.05, 0.1) is 12.4 Å². The fourth-order valence-electron chi connectivity index (χ4n) is 1.24. The van der Waals surface area contributed by atoms with E-state index in [1.807, 2.05) is 6.26 Å². The van der Waals surface area contributed by atoms with Crippen molar-refractivity contribution in [3.8, 4) is 0 Å². The molecule has 1 N–H and O–H groups in total. The summed E-state index contributed by atoms with van der Waals surface area (Å²) in [5, 5.41) is 8.68. The maximum atomic E-state index is 8.68. The largest absolute Gasteiger partial charge is 0.498 e. The first-order chi connectivity index (χ1) is 6.85. The quantitative estimate of drug-likeness (QED) is 0.457. The maximum Gasteiger partial charge on any atom is 0.0976 e. The van der Waals surface area contributed by atoms with Crippen LogP contribution in [0, 0.1) is 0 Å². The molecule has 0 radical (unpaired) electrons. The molecule has 14 heavy (non-hydrogen) atoms. The summed E-state index contributed by atoms with van der Waals surface area (Å²) in [4.78, 5) is 0. The van der Waals surface area contributed by atoms with Crippen LogP contribution in [-0.2, 0) is 4.74 Å². The van der Waals surface area contributed by atoms with E-state index in [1.54, 1.807) is 0 Å². The van der Waals surface area contributed by atoms with Gasteiger partial charge in [-0.15, -0.1) is 0 Å². The van der Waals surface area contributed by atoms with E-state index in [1.165, 1.54) is 12.8 Å². The van der Waals surface area contributed by atoms with Gasteiger partial charge in [0.25, 0.3) is 0 Å². The van der Waals surface area contributed by atoms with Gasteiger partial charge in [-0.25, -0.2) is 0 Å². The first kappa shape index (κ1) is 13.5. The molecule has 84 valence electrons. The second-order valence-corrected chi connectivity index (χ2v) is 3.55. The van der Waals surface area contributed by atoms with Crippen LogP contribution in [0.25, 0.3) is 0 Å². The molecule has 0 amide bonds. The lowest BCUT2D eigenvalue weighted by molar-refractivity contribution is 0.121. The molecule has 0 aromatic heterocycles. The molecule has 1 atom stereocenters. The summed E-state index contributed by atoms with van der Waals surface area (Å²) < 4.78 is 5.55. The van der Waals surface area contributed by atoms with E-state index in [4.69, 9.17) is 9.84 Å². The number of rotatable bonds is 9. The summed E-state index contributed by atoms with van der Waals surface area (Å²) in [6.07, 6.45) is 10.5. The average Bonchev–Trinajstić information content (AvgIpc) is 2.22. The fourth-order valence-corrected chi connectivity index (χ4v) is 1.24. The van der Waals surface area contributed by atoms with E-state index in [2.05, 4.69) is 19.9 Å². The zero-order chi connectivity index (χ0) is 10.6. The Hall–Kier alpha value is -0.500. The zero-order valence-corrected chi connectivity index (χ0v) is 9.54. The minimum Gasteiger partial charge on any atom is -0.498 e. The van der Waals surface area contributed by atoms with Gasteiger partial charge in [0.1, 0.15) is 0 Å². The van der Waals surface area contributed by atoms with Gasteiger partial charge >= 0.3 is 0 Å². The van der Waals surface area contributed by atoms with Crippen LogP contribution < -0.4 is 0 Å². The lowest BCUT2D eigenvalue weighted by Crippen LogP contribution is -2.08. The molecule has 2 heteroatoms. The van der Waals surface area contributed by atoms with Crippen LogP contribution in [0.4, 0.5) is 0 Å². The van der Waals surface area contributed by atoms with Crippen LogP contribution in [0.5, 0.6) is 0 Å². The van der Waals surface area contributed by atoms with Crippen LogP contribution in [0.2, 0.25) is 0 Å². The molecular formula is C12H24O2. The minimum atomic E-state index is 0.263. The highest BCUT2D eigenvalue weighted by molar-refractivity contribution is 4.74. The number of allylic oxidation sites excluding steroid dienone is 1. The molecule has 0 heterocycles. The third kappa shape index (κ3) is 8.11. The Morgan fingerprint density at radius 1 is 1.29 bits per heavy atom. The van der Waals surface area contributed by atoms with Crippen molar-refractivity contribution in [2.45, 2.75) is 58.5 Å². The standard InChI is InChI=1S/C12H24O2/c1-3-5-6-7-11-14-12(4-2)9-8-10-13/h7,11-13H,3-6,8-10H2,1-2H3. The van der Waals surface area contributed by atoms with Crippen LogP contribution in [0.1, 0.15) is 52.4 Å². The summed E-state index contributed by atoms with van der Waals surface area (Å²) in [5.41, 5.74) is 0. The van der Waals surface area contributed by atoms with Gasteiger partial charge in [0, 0.05) is 6.61 Å². The third-order valence-corrected chi connectivity index (χ3v) is 2.23. The molecule has 0 aromatic carbocycles. The second-order valence-electron chi connectivity index (χ2n) is 3.55. The van der Waals surface area contributed by atoms with Crippen LogP contribution in [0.3, 0.4) is 0 Å². The Labute approximate surface area is 88.0 Å². The molecule has 0 fully saturated rings. The summed E-state index contributed by atoms with van der Waals surface area (Å²) in [6, 6.07) is 0. The van der Waals surface area contributed by atoms with E-state index >= 15 is 0 Å². The molecule has 0 aliphatic carbocycles. The van der Waals surface area contributed by atoms with E-state index in [-0.39, 0.29) is 12.7 Å². The summed E-state index contributed by atoms with van der Waals surface area (Å²) in [5.74, 6) is 0. The lowest BCUT2D eigenvalue weighted by Gasteiger charge is -2.13. The van der Waals surface area contributed by atoms with Crippen molar-refractivity contribution in [2.75, 3.05) is 6.61 Å². The van der Waals surface area contributed by atoms with Crippen molar-refractivity contribution in [1.29, 1.82) is 0 Å². The highest BCUT2D eigenvalue weighted by Gasteiger charge is 2.03. The lowest BCUT2D eigenvalue weighted by atomic mass is 10.1. The number of hydrogen-bond acceptors (Lipinski definition) is 2. The third-order valence-electron chi connectivity index (χ3n) is 2.23. The van der Waals surface area contributed by atoms with Gasteiger partial charge in [-0.3, -0.25) is 0 Å². The number of aliphatic hydroxyl groups is 1. The predicted molar refractivity (Wildman–Crippen MR) is 60.1 cm³/mol. The van der Waals surface area contributed by atoms with Crippen molar-refractivity contribution in [3.63, 3.8) is 0 Å². The molecule has 1 unspecified atom stereocenters. The fraction of sp³-hybridized carbons (Fsp3) is 0.833. The van der Waals surface area contributed by atoms with Gasteiger partial charge in [0.15, 0.2) is 0 Å². The van der Waals surface area contributed by atoms with Crippen molar-refractivity contribution in [2.24, 2.45) is 0 Å². The average molecular weight is 200 g/mol. The Morgan fingerprint density at radius 3 is 2.64 bits per heavy atom. The van der Waals surface area contributed by atoms with Crippen molar-refractivity contribution >= 4 is 0 Å². The first-order valence-electron chi connectivity index (χ1n) is 5.76. The SMILES string of the molecule is CCCCC=COC(CC)CCCO. The Morgan fingerprint density at radius 2 is 2.07 bits per heavy atom. The van der Waals surface area contributed by atoms with Gasteiger partial charge in [-0.1, -0.05) is 20.3 Å². The number of unbranched alkanes of at least 4 members (excludes halogenated alkanes) is 2. The molecule has 0 rings (SSSR count). The topological polar surface area (TPSA) is 29.5 Å². The smallest absolute Gasteiger partial charge is 0.0976 e. The van der Waals surface area contributed by atoms with E-state index in [0.717, 1.165) is 25.7 Å². The van der Waals surface area contributed by atoms with E-state index < -0.39 is 0 Å². The van der Waals surface area contributed by atoms with Crippen LogP contribution in [-0.4, -0.2) is 17.8 Å². The molecular weight excluding hydrogens is 176 g/mol. The van der Waals surface area contributed by atoms with E-state index in [9.17, 15) is 0 Å². The van der Waals surface area contributed by atoms with Gasteiger partial charge in [-0.05, 0) is 38.2 Å². The van der Waals surface area contributed by atoms with Gasteiger partial charge in [-0.2, -0.15) is 0 Å². The number of aliphatic hydroxyl groups excluding tert-OH is 1.